The molecule has 0 saturated carbocycles. The maximum Gasteiger partial charge on any atom is 0.210 e. The van der Waals surface area contributed by atoms with Crippen molar-refractivity contribution in [3.8, 4) is 11.5 Å². The predicted molar refractivity (Wildman–Crippen MR) is 71.1 cm³/mol. The van der Waals surface area contributed by atoms with E-state index in [1.165, 1.54) is 32.0 Å². The van der Waals surface area contributed by atoms with Gasteiger partial charge in [-0.15, -0.1) is 0 Å². The summed E-state index contributed by atoms with van der Waals surface area (Å²) < 4.78 is 25.0. The van der Waals surface area contributed by atoms with Crippen molar-refractivity contribution in [2.24, 2.45) is 0 Å². The number of hydrogen-bond donors (Lipinski definition) is 2. The molecule has 0 aliphatic heterocycles. The lowest BCUT2D eigenvalue weighted by Crippen LogP contribution is -2.05. The lowest BCUT2D eigenvalue weighted by Gasteiger charge is -2.13. The fraction of sp³-hybridized carbons (Fsp3) is 0.143. The Bertz CT molecular complexity index is 719. The quantitative estimate of drug-likeness (QED) is 0.885. The summed E-state index contributed by atoms with van der Waals surface area (Å²) in [6, 6.07) is 9.23. The third kappa shape index (κ3) is 2.17. The molecule has 100 valence electrons. The summed E-state index contributed by atoms with van der Waals surface area (Å²) in [7, 11) is -3.80. The normalized spacial score (nSPS) is 11.5. The Morgan fingerprint density at radius 3 is 2.16 bits per heavy atom. The lowest BCUT2D eigenvalue weighted by atomic mass is 10.1. The first-order valence-electron chi connectivity index (χ1n) is 5.68. The van der Waals surface area contributed by atoms with E-state index in [4.69, 9.17) is 0 Å². The van der Waals surface area contributed by atoms with Gasteiger partial charge in [0.1, 0.15) is 16.4 Å². The minimum Gasteiger partial charge on any atom is -0.508 e. The van der Waals surface area contributed by atoms with Gasteiger partial charge in [0.15, 0.2) is 0 Å². The number of benzene rings is 2. The highest BCUT2D eigenvalue weighted by molar-refractivity contribution is 7.91. The number of hydrogen-bond acceptors (Lipinski definition) is 4. The van der Waals surface area contributed by atoms with Gasteiger partial charge in [-0.2, -0.15) is 0 Å². The second kappa shape index (κ2) is 4.59. The largest absolute Gasteiger partial charge is 0.508 e. The number of phenolic OH excluding ortho intramolecular Hbond substituents is 2. The van der Waals surface area contributed by atoms with Crippen molar-refractivity contribution in [1.82, 2.24) is 0 Å². The molecule has 0 aliphatic carbocycles. The van der Waals surface area contributed by atoms with E-state index in [0.29, 0.717) is 5.56 Å². The molecule has 4 nitrogen and oxygen atoms in total. The summed E-state index contributed by atoms with van der Waals surface area (Å²) in [6.45, 7) is 3.00. The molecule has 0 radical (unpaired) electrons. The van der Waals surface area contributed by atoms with Crippen LogP contribution in [-0.4, -0.2) is 18.6 Å². The summed E-state index contributed by atoms with van der Waals surface area (Å²) in [4.78, 5) is -0.0486. The van der Waals surface area contributed by atoms with Gasteiger partial charge in [0, 0.05) is 5.56 Å². The average molecular weight is 278 g/mol. The maximum atomic E-state index is 12.5. The first-order valence-corrected chi connectivity index (χ1v) is 7.16. The second-order valence-corrected chi connectivity index (χ2v) is 6.22. The molecule has 0 saturated heterocycles. The van der Waals surface area contributed by atoms with E-state index < -0.39 is 15.6 Å². The van der Waals surface area contributed by atoms with Crippen molar-refractivity contribution < 1.29 is 18.6 Å². The van der Waals surface area contributed by atoms with Crippen LogP contribution in [0.15, 0.2) is 46.2 Å². The summed E-state index contributed by atoms with van der Waals surface area (Å²) in [5.41, 5.74) is 0.463. The number of aromatic hydroxyl groups is 2. The Labute approximate surface area is 111 Å². The van der Waals surface area contributed by atoms with Gasteiger partial charge in [-0.3, -0.25) is 0 Å². The molecule has 0 atom stereocenters. The van der Waals surface area contributed by atoms with Gasteiger partial charge < -0.3 is 10.2 Å². The summed E-state index contributed by atoms with van der Waals surface area (Å²) in [5.74, 6) is -0.525. The van der Waals surface area contributed by atoms with Crippen molar-refractivity contribution in [2.45, 2.75) is 23.6 Å². The van der Waals surface area contributed by atoms with Gasteiger partial charge >= 0.3 is 0 Å². The first kappa shape index (κ1) is 13.4. The molecule has 2 aromatic carbocycles. The van der Waals surface area contributed by atoms with Crippen molar-refractivity contribution in [1.29, 1.82) is 0 Å². The zero-order valence-corrected chi connectivity index (χ0v) is 11.4. The number of sulfone groups is 1. The van der Waals surface area contributed by atoms with Crippen molar-refractivity contribution in [2.75, 3.05) is 0 Å². The molecule has 0 amide bonds. The lowest BCUT2D eigenvalue weighted by molar-refractivity contribution is 0.431. The predicted octanol–water partition coefficient (Wildman–Crippen LogP) is 2.55. The minimum atomic E-state index is -3.80. The van der Waals surface area contributed by atoms with Crippen LogP contribution in [0.4, 0.5) is 0 Å². The number of aryl methyl sites for hydroxylation is 1. The summed E-state index contributed by atoms with van der Waals surface area (Å²) >= 11 is 0. The molecule has 2 rings (SSSR count). The number of phenols is 2. The molecule has 0 aromatic heterocycles. The van der Waals surface area contributed by atoms with Crippen LogP contribution in [0.1, 0.15) is 11.1 Å². The van der Waals surface area contributed by atoms with Crippen LogP contribution in [0.5, 0.6) is 11.5 Å². The van der Waals surface area contributed by atoms with E-state index in [2.05, 4.69) is 0 Å². The van der Waals surface area contributed by atoms with E-state index in [9.17, 15) is 18.6 Å². The van der Waals surface area contributed by atoms with Gasteiger partial charge in [0.2, 0.25) is 9.84 Å². The van der Waals surface area contributed by atoms with Crippen LogP contribution in [0.3, 0.4) is 0 Å². The molecule has 0 unspecified atom stereocenters. The molecule has 5 heteroatoms. The molecular formula is C14H14O4S. The zero-order chi connectivity index (χ0) is 14.2. The van der Waals surface area contributed by atoms with Crippen LogP contribution in [0.25, 0.3) is 0 Å². The van der Waals surface area contributed by atoms with Gasteiger partial charge in [-0.05, 0) is 37.6 Å². The minimum absolute atomic E-state index is 0.110. The Kier molecular flexibility index (Phi) is 3.24. The van der Waals surface area contributed by atoms with E-state index in [-0.39, 0.29) is 21.1 Å². The Morgan fingerprint density at radius 1 is 1.00 bits per heavy atom. The molecule has 0 heterocycles. The summed E-state index contributed by atoms with van der Waals surface area (Å²) in [5, 5.41) is 19.6. The molecule has 0 fully saturated rings. The van der Waals surface area contributed by atoms with Crippen LogP contribution in [-0.2, 0) is 9.84 Å². The second-order valence-electron chi connectivity index (χ2n) is 4.33. The van der Waals surface area contributed by atoms with E-state index in [1.807, 2.05) is 0 Å². The number of rotatable bonds is 2. The van der Waals surface area contributed by atoms with Crippen LogP contribution >= 0.6 is 0 Å². The van der Waals surface area contributed by atoms with Gasteiger partial charge in [-0.25, -0.2) is 8.42 Å². The average Bonchev–Trinajstić information content (AvgIpc) is 2.37. The third-order valence-electron chi connectivity index (χ3n) is 2.99. The Hall–Kier alpha value is -2.01. The maximum absolute atomic E-state index is 12.5. The Morgan fingerprint density at radius 2 is 1.58 bits per heavy atom. The fourth-order valence-corrected chi connectivity index (χ4v) is 3.56. The molecule has 19 heavy (non-hydrogen) atoms. The molecular weight excluding hydrogens is 264 g/mol. The highest BCUT2D eigenvalue weighted by Crippen LogP contribution is 2.38. The fourth-order valence-electron chi connectivity index (χ4n) is 1.91. The van der Waals surface area contributed by atoms with Gasteiger partial charge in [0.25, 0.3) is 0 Å². The highest BCUT2D eigenvalue weighted by atomic mass is 32.2. The zero-order valence-electron chi connectivity index (χ0n) is 10.6. The SMILES string of the molecule is Cc1cc(O)c(C)c(O)c1S(=O)(=O)c1ccccc1. The standard InChI is InChI=1S/C14H14O4S/c1-9-8-12(15)10(2)13(16)14(9)19(17,18)11-6-4-3-5-7-11/h3-8,15-16H,1-2H3. The van der Waals surface area contributed by atoms with Crippen LogP contribution in [0, 0.1) is 13.8 Å². The van der Waals surface area contributed by atoms with Crippen molar-refractivity contribution in [3.63, 3.8) is 0 Å². The Balaban J connectivity index is 2.77. The van der Waals surface area contributed by atoms with E-state index in [1.54, 1.807) is 18.2 Å². The first-order chi connectivity index (χ1) is 8.85. The molecule has 0 spiro atoms. The van der Waals surface area contributed by atoms with Crippen LogP contribution < -0.4 is 0 Å². The molecule has 2 aromatic rings. The third-order valence-corrected chi connectivity index (χ3v) is 4.93. The van der Waals surface area contributed by atoms with Crippen molar-refractivity contribution in [3.05, 3.63) is 47.5 Å². The van der Waals surface area contributed by atoms with Gasteiger partial charge in [-0.1, -0.05) is 18.2 Å². The van der Waals surface area contributed by atoms with Crippen molar-refractivity contribution >= 4 is 9.84 Å². The molecule has 0 aliphatic rings. The topological polar surface area (TPSA) is 74.6 Å². The van der Waals surface area contributed by atoms with E-state index >= 15 is 0 Å². The van der Waals surface area contributed by atoms with E-state index in [0.717, 1.165) is 0 Å². The van der Waals surface area contributed by atoms with Crippen LogP contribution in [0.2, 0.25) is 0 Å². The monoisotopic (exact) mass is 278 g/mol. The van der Waals surface area contributed by atoms with Gasteiger partial charge in [0.05, 0.1) is 4.90 Å². The smallest absolute Gasteiger partial charge is 0.210 e. The highest BCUT2D eigenvalue weighted by Gasteiger charge is 2.26. The molecule has 0 bridgehead atoms. The summed E-state index contributed by atoms with van der Waals surface area (Å²) in [6.07, 6.45) is 0. The molecule has 2 N–H and O–H groups in total.